The van der Waals surface area contributed by atoms with Crippen LogP contribution in [0.3, 0.4) is 0 Å². The zero-order valence-corrected chi connectivity index (χ0v) is 12.0. The van der Waals surface area contributed by atoms with Crippen molar-refractivity contribution >= 4 is 16.5 Å². The number of halogens is 3. The minimum atomic E-state index is -4.46. The van der Waals surface area contributed by atoms with Crippen LogP contribution in [0, 0.1) is 6.92 Å². The molecule has 114 valence electrons. The van der Waals surface area contributed by atoms with Crippen molar-refractivity contribution in [3.63, 3.8) is 0 Å². The van der Waals surface area contributed by atoms with Crippen molar-refractivity contribution < 1.29 is 17.4 Å². The number of aryl methyl sites for hydroxylation is 2. The maximum Gasteiger partial charge on any atom is 0.416 e. The number of nitrogens with zero attached hydrogens (tertiary/aromatic N) is 2. The Morgan fingerprint density at radius 3 is 2.62 bits per heavy atom. The fraction of sp³-hybridized carbons (Fsp3) is 0.308. The Labute approximate surface area is 122 Å². The molecule has 1 heterocycles. The van der Waals surface area contributed by atoms with E-state index in [1.165, 1.54) is 6.07 Å². The topological polar surface area (TPSA) is 60.9 Å². The SMILES string of the molecule is Cc1nccn1CCS(=O)c1ccc(C(F)(F)F)cc1N. The van der Waals surface area contributed by atoms with Gasteiger partial charge in [0.05, 0.1) is 21.3 Å². The first-order valence-electron chi connectivity index (χ1n) is 6.12. The van der Waals surface area contributed by atoms with Crippen LogP contribution in [-0.2, 0) is 23.5 Å². The summed E-state index contributed by atoms with van der Waals surface area (Å²) in [5, 5.41) is 0. The molecule has 0 aliphatic rings. The van der Waals surface area contributed by atoms with Crippen LogP contribution in [-0.4, -0.2) is 19.5 Å². The number of anilines is 1. The Kier molecular flexibility index (Phi) is 4.36. The lowest BCUT2D eigenvalue weighted by Gasteiger charge is -2.11. The lowest BCUT2D eigenvalue weighted by atomic mass is 10.2. The monoisotopic (exact) mass is 317 g/mol. The van der Waals surface area contributed by atoms with Crippen molar-refractivity contribution in [1.82, 2.24) is 9.55 Å². The number of alkyl halides is 3. The Morgan fingerprint density at radius 1 is 1.38 bits per heavy atom. The lowest BCUT2D eigenvalue weighted by molar-refractivity contribution is -0.137. The molecule has 0 bridgehead atoms. The highest BCUT2D eigenvalue weighted by molar-refractivity contribution is 7.85. The van der Waals surface area contributed by atoms with Gasteiger partial charge in [0.1, 0.15) is 5.82 Å². The largest absolute Gasteiger partial charge is 0.416 e. The number of hydrogen-bond acceptors (Lipinski definition) is 3. The van der Waals surface area contributed by atoms with Crippen LogP contribution >= 0.6 is 0 Å². The molecule has 1 unspecified atom stereocenters. The van der Waals surface area contributed by atoms with Crippen LogP contribution in [0.4, 0.5) is 18.9 Å². The number of imidazole rings is 1. The van der Waals surface area contributed by atoms with Crippen molar-refractivity contribution in [2.24, 2.45) is 0 Å². The highest BCUT2D eigenvalue weighted by Crippen LogP contribution is 2.32. The third-order valence-electron chi connectivity index (χ3n) is 3.02. The normalized spacial score (nSPS) is 13.3. The maximum atomic E-state index is 12.5. The molecule has 0 spiro atoms. The second-order valence-corrected chi connectivity index (χ2v) is 6.01. The summed E-state index contributed by atoms with van der Waals surface area (Å²) in [6, 6.07) is 2.89. The zero-order valence-electron chi connectivity index (χ0n) is 11.2. The molecule has 2 rings (SSSR count). The fourth-order valence-corrected chi connectivity index (χ4v) is 2.99. The Bertz CT molecular complexity index is 667. The summed E-state index contributed by atoms with van der Waals surface area (Å²) in [6.07, 6.45) is -1.07. The number of aromatic nitrogens is 2. The van der Waals surface area contributed by atoms with E-state index in [9.17, 15) is 17.4 Å². The molecule has 1 aromatic heterocycles. The molecule has 0 saturated heterocycles. The molecule has 21 heavy (non-hydrogen) atoms. The number of rotatable bonds is 4. The summed E-state index contributed by atoms with van der Waals surface area (Å²) in [5.74, 6) is 1.04. The van der Waals surface area contributed by atoms with Crippen LogP contribution < -0.4 is 5.73 Å². The Hall–Kier alpha value is -1.83. The third kappa shape index (κ3) is 3.63. The molecular weight excluding hydrogens is 303 g/mol. The number of nitrogen functional groups attached to an aromatic ring is 1. The molecule has 0 fully saturated rings. The second-order valence-electron chi connectivity index (χ2n) is 4.47. The van der Waals surface area contributed by atoms with E-state index in [1.54, 1.807) is 12.4 Å². The Balaban J connectivity index is 2.11. The van der Waals surface area contributed by atoms with E-state index >= 15 is 0 Å². The molecular formula is C13H14F3N3OS. The van der Waals surface area contributed by atoms with Gasteiger partial charge in [0, 0.05) is 30.4 Å². The lowest BCUT2D eigenvalue weighted by Crippen LogP contribution is -2.11. The molecule has 2 aromatic rings. The van der Waals surface area contributed by atoms with Crippen LogP contribution in [0.2, 0.25) is 0 Å². The first-order chi connectivity index (χ1) is 9.79. The van der Waals surface area contributed by atoms with Gasteiger partial charge in [0.25, 0.3) is 0 Å². The molecule has 1 atom stereocenters. The van der Waals surface area contributed by atoms with Gasteiger partial charge < -0.3 is 10.3 Å². The van der Waals surface area contributed by atoms with Crippen LogP contribution in [0.1, 0.15) is 11.4 Å². The highest BCUT2D eigenvalue weighted by Gasteiger charge is 2.31. The van der Waals surface area contributed by atoms with Crippen molar-refractivity contribution in [3.05, 3.63) is 42.0 Å². The standard InChI is InChI=1S/C13H14F3N3OS/c1-9-18-4-5-19(9)6-7-21(20)12-3-2-10(8-11(12)17)13(14,15)16/h2-5,8H,6-7,17H2,1H3. The summed E-state index contributed by atoms with van der Waals surface area (Å²) < 4.78 is 51.6. The van der Waals surface area contributed by atoms with Gasteiger partial charge in [-0.25, -0.2) is 4.98 Å². The first kappa shape index (κ1) is 15.6. The highest BCUT2D eigenvalue weighted by atomic mass is 32.2. The molecule has 0 amide bonds. The molecule has 0 saturated carbocycles. The minimum Gasteiger partial charge on any atom is -0.398 e. The summed E-state index contributed by atoms with van der Waals surface area (Å²) >= 11 is 0. The average Bonchev–Trinajstić information content (AvgIpc) is 2.80. The molecule has 2 N–H and O–H groups in total. The van der Waals surface area contributed by atoms with Crippen molar-refractivity contribution in [2.75, 3.05) is 11.5 Å². The third-order valence-corrected chi connectivity index (χ3v) is 4.44. The summed E-state index contributed by atoms with van der Waals surface area (Å²) in [5.41, 5.74) is 4.64. The molecule has 0 aliphatic heterocycles. The van der Waals surface area contributed by atoms with Gasteiger partial charge in [0.15, 0.2) is 0 Å². The summed E-state index contributed by atoms with van der Waals surface area (Å²) in [4.78, 5) is 4.26. The van der Waals surface area contributed by atoms with Crippen molar-refractivity contribution in [2.45, 2.75) is 24.5 Å². The van der Waals surface area contributed by atoms with Gasteiger partial charge in [-0.1, -0.05) is 0 Å². The van der Waals surface area contributed by atoms with E-state index in [1.807, 2.05) is 11.5 Å². The first-order valence-corrected chi connectivity index (χ1v) is 7.44. The van der Waals surface area contributed by atoms with Gasteiger partial charge in [0.2, 0.25) is 0 Å². The number of benzene rings is 1. The minimum absolute atomic E-state index is 0.106. The van der Waals surface area contributed by atoms with E-state index in [4.69, 9.17) is 5.73 Å². The average molecular weight is 317 g/mol. The predicted molar refractivity (Wildman–Crippen MR) is 74.1 cm³/mol. The van der Waals surface area contributed by atoms with Crippen molar-refractivity contribution in [1.29, 1.82) is 0 Å². The second kappa shape index (κ2) is 5.88. The smallest absolute Gasteiger partial charge is 0.398 e. The molecule has 0 aliphatic carbocycles. The van der Waals surface area contributed by atoms with Gasteiger partial charge in [-0.05, 0) is 25.1 Å². The fourth-order valence-electron chi connectivity index (χ4n) is 1.86. The van der Waals surface area contributed by atoms with E-state index in [0.29, 0.717) is 6.54 Å². The quantitative estimate of drug-likeness (QED) is 0.882. The molecule has 4 nitrogen and oxygen atoms in total. The van der Waals surface area contributed by atoms with E-state index in [0.717, 1.165) is 18.0 Å². The number of nitrogens with two attached hydrogens (primary N) is 1. The Morgan fingerprint density at radius 2 is 2.10 bits per heavy atom. The van der Waals surface area contributed by atoms with Gasteiger partial charge in [-0.15, -0.1) is 0 Å². The zero-order chi connectivity index (χ0) is 15.6. The molecule has 0 radical (unpaired) electrons. The van der Waals surface area contributed by atoms with Crippen LogP contribution in [0.15, 0.2) is 35.5 Å². The van der Waals surface area contributed by atoms with Gasteiger partial charge in [-0.3, -0.25) is 4.21 Å². The van der Waals surface area contributed by atoms with Crippen LogP contribution in [0.5, 0.6) is 0 Å². The molecule has 8 heteroatoms. The van der Waals surface area contributed by atoms with Gasteiger partial charge >= 0.3 is 6.18 Å². The summed E-state index contributed by atoms with van der Waals surface area (Å²) in [7, 11) is -1.46. The number of hydrogen-bond donors (Lipinski definition) is 1. The van der Waals surface area contributed by atoms with Crippen molar-refractivity contribution in [3.8, 4) is 0 Å². The van der Waals surface area contributed by atoms with Gasteiger partial charge in [-0.2, -0.15) is 13.2 Å². The van der Waals surface area contributed by atoms with E-state index < -0.39 is 22.5 Å². The van der Waals surface area contributed by atoms with E-state index in [2.05, 4.69) is 4.98 Å². The van der Waals surface area contributed by atoms with E-state index in [-0.39, 0.29) is 16.3 Å². The predicted octanol–water partition coefficient (Wildman–Crippen LogP) is 2.60. The van der Waals surface area contributed by atoms with Crippen LogP contribution in [0.25, 0.3) is 0 Å². The molecule has 1 aromatic carbocycles. The maximum absolute atomic E-state index is 12.5. The summed E-state index contributed by atoms with van der Waals surface area (Å²) in [6.45, 7) is 2.27.